The van der Waals surface area contributed by atoms with Crippen LogP contribution in [0.4, 0.5) is 4.39 Å². The molecular formula is C10H12FNO. The molecule has 0 saturated carbocycles. The van der Waals surface area contributed by atoms with Crippen LogP contribution in [0, 0.1) is 12.7 Å². The summed E-state index contributed by atoms with van der Waals surface area (Å²) in [5, 5.41) is 2.56. The van der Waals surface area contributed by atoms with E-state index in [1.165, 1.54) is 6.07 Å². The van der Waals surface area contributed by atoms with Crippen molar-refractivity contribution in [3.05, 3.63) is 35.1 Å². The van der Waals surface area contributed by atoms with Crippen molar-refractivity contribution in [2.45, 2.75) is 13.8 Å². The van der Waals surface area contributed by atoms with E-state index >= 15 is 0 Å². The first-order valence-corrected chi connectivity index (χ1v) is 4.20. The van der Waals surface area contributed by atoms with Crippen molar-refractivity contribution in [2.24, 2.45) is 0 Å². The number of amides is 1. The Morgan fingerprint density at radius 3 is 2.77 bits per heavy atom. The quantitative estimate of drug-likeness (QED) is 0.741. The molecule has 2 nitrogen and oxygen atoms in total. The van der Waals surface area contributed by atoms with E-state index in [1.807, 2.05) is 0 Å². The van der Waals surface area contributed by atoms with Gasteiger partial charge in [0.25, 0.3) is 5.91 Å². The highest BCUT2D eigenvalue weighted by Crippen LogP contribution is 2.11. The number of carbonyl (C=O) groups excluding carboxylic acids is 1. The number of nitrogens with one attached hydrogen (secondary N) is 1. The topological polar surface area (TPSA) is 29.1 Å². The van der Waals surface area contributed by atoms with Gasteiger partial charge in [0, 0.05) is 6.54 Å². The van der Waals surface area contributed by atoms with Gasteiger partial charge in [-0.2, -0.15) is 0 Å². The molecule has 0 aliphatic heterocycles. The smallest absolute Gasteiger partial charge is 0.254 e. The molecular weight excluding hydrogens is 169 g/mol. The van der Waals surface area contributed by atoms with Crippen LogP contribution in [-0.4, -0.2) is 12.5 Å². The van der Waals surface area contributed by atoms with Gasteiger partial charge in [-0.25, -0.2) is 4.39 Å². The Morgan fingerprint density at radius 1 is 1.54 bits per heavy atom. The van der Waals surface area contributed by atoms with Crippen LogP contribution in [0.2, 0.25) is 0 Å². The largest absolute Gasteiger partial charge is 0.352 e. The molecule has 70 valence electrons. The summed E-state index contributed by atoms with van der Waals surface area (Å²) < 4.78 is 13.2. The molecule has 1 rings (SSSR count). The normalized spacial score (nSPS) is 9.77. The zero-order chi connectivity index (χ0) is 9.84. The summed E-state index contributed by atoms with van der Waals surface area (Å²) >= 11 is 0. The van der Waals surface area contributed by atoms with Crippen molar-refractivity contribution < 1.29 is 9.18 Å². The van der Waals surface area contributed by atoms with Crippen LogP contribution in [-0.2, 0) is 0 Å². The maximum Gasteiger partial charge on any atom is 0.254 e. The van der Waals surface area contributed by atoms with Crippen LogP contribution in [0.3, 0.4) is 0 Å². The molecule has 0 heterocycles. The van der Waals surface area contributed by atoms with Gasteiger partial charge in [-0.15, -0.1) is 0 Å². The molecule has 3 heteroatoms. The van der Waals surface area contributed by atoms with Crippen LogP contribution in [0.15, 0.2) is 18.2 Å². The Morgan fingerprint density at radius 2 is 2.23 bits per heavy atom. The third-order valence-corrected chi connectivity index (χ3v) is 1.79. The number of rotatable bonds is 2. The molecule has 0 aromatic heterocycles. The minimum absolute atomic E-state index is 0.143. The van der Waals surface area contributed by atoms with E-state index in [9.17, 15) is 9.18 Å². The second-order valence-corrected chi connectivity index (χ2v) is 2.79. The van der Waals surface area contributed by atoms with Gasteiger partial charge in [0.05, 0.1) is 5.56 Å². The standard InChI is InChI=1S/C10H12FNO/c1-3-12-10(13)9-7(2)5-4-6-8(9)11/h4-6H,3H2,1-2H3,(H,12,13). The molecule has 0 atom stereocenters. The Balaban J connectivity index is 3.05. The molecule has 0 aliphatic rings. The molecule has 1 aromatic rings. The first-order chi connectivity index (χ1) is 6.16. The predicted octanol–water partition coefficient (Wildman–Crippen LogP) is 1.88. The summed E-state index contributed by atoms with van der Waals surface area (Å²) in [5.74, 6) is -0.816. The number of hydrogen-bond donors (Lipinski definition) is 1. The van der Waals surface area contributed by atoms with Gasteiger partial charge in [-0.1, -0.05) is 12.1 Å². The van der Waals surface area contributed by atoms with Crippen LogP contribution in [0.5, 0.6) is 0 Å². The van der Waals surface area contributed by atoms with E-state index in [4.69, 9.17) is 0 Å². The molecule has 0 unspecified atom stereocenters. The highest BCUT2D eigenvalue weighted by Gasteiger charge is 2.12. The van der Waals surface area contributed by atoms with Crippen LogP contribution in [0.25, 0.3) is 0 Å². The van der Waals surface area contributed by atoms with E-state index in [-0.39, 0.29) is 11.5 Å². The van der Waals surface area contributed by atoms with Gasteiger partial charge in [0.2, 0.25) is 0 Å². The maximum atomic E-state index is 13.2. The van der Waals surface area contributed by atoms with Crippen LogP contribution >= 0.6 is 0 Å². The Bertz CT molecular complexity index is 302. The molecule has 1 aromatic carbocycles. The molecule has 0 spiro atoms. The Labute approximate surface area is 76.8 Å². The zero-order valence-corrected chi connectivity index (χ0v) is 7.73. The van der Waals surface area contributed by atoms with E-state index in [0.29, 0.717) is 12.1 Å². The SMILES string of the molecule is CCNC(=O)c1c(C)cccc1F. The molecule has 1 amide bonds. The summed E-state index contributed by atoms with van der Waals surface area (Å²) in [5.41, 5.74) is 0.801. The molecule has 1 N–H and O–H groups in total. The van der Waals surface area contributed by atoms with Gasteiger partial charge < -0.3 is 5.32 Å². The van der Waals surface area contributed by atoms with Crippen molar-refractivity contribution in [1.82, 2.24) is 5.32 Å². The zero-order valence-electron chi connectivity index (χ0n) is 7.73. The van der Waals surface area contributed by atoms with Crippen molar-refractivity contribution >= 4 is 5.91 Å². The fourth-order valence-corrected chi connectivity index (χ4v) is 1.17. The predicted molar refractivity (Wildman–Crippen MR) is 49.1 cm³/mol. The fraction of sp³-hybridized carbons (Fsp3) is 0.300. The van der Waals surface area contributed by atoms with E-state index in [1.54, 1.807) is 26.0 Å². The first kappa shape index (κ1) is 9.71. The fourth-order valence-electron chi connectivity index (χ4n) is 1.17. The van der Waals surface area contributed by atoms with Gasteiger partial charge in [0.15, 0.2) is 0 Å². The average Bonchev–Trinajstić information content (AvgIpc) is 2.04. The number of benzene rings is 1. The highest BCUT2D eigenvalue weighted by molar-refractivity contribution is 5.95. The van der Waals surface area contributed by atoms with Crippen molar-refractivity contribution in [1.29, 1.82) is 0 Å². The van der Waals surface area contributed by atoms with Crippen molar-refractivity contribution in [3.8, 4) is 0 Å². The number of hydrogen-bond acceptors (Lipinski definition) is 1. The van der Waals surface area contributed by atoms with Gasteiger partial charge in [0.1, 0.15) is 5.82 Å². The van der Waals surface area contributed by atoms with Crippen LogP contribution in [0.1, 0.15) is 22.8 Å². The molecule has 0 bridgehead atoms. The lowest BCUT2D eigenvalue weighted by Crippen LogP contribution is -2.24. The molecule has 0 saturated heterocycles. The lowest BCUT2D eigenvalue weighted by Gasteiger charge is -2.06. The van der Waals surface area contributed by atoms with E-state index in [2.05, 4.69) is 5.32 Å². The average molecular weight is 181 g/mol. The minimum atomic E-state index is -0.467. The number of aryl methyl sites for hydroxylation is 1. The molecule has 0 radical (unpaired) electrons. The second kappa shape index (κ2) is 4.03. The van der Waals surface area contributed by atoms with E-state index in [0.717, 1.165) is 0 Å². The van der Waals surface area contributed by atoms with Crippen LogP contribution < -0.4 is 5.32 Å². The summed E-state index contributed by atoms with van der Waals surface area (Å²) in [6.45, 7) is 4.02. The minimum Gasteiger partial charge on any atom is -0.352 e. The Kier molecular flexibility index (Phi) is 3.01. The molecule has 0 fully saturated rings. The monoisotopic (exact) mass is 181 g/mol. The second-order valence-electron chi connectivity index (χ2n) is 2.79. The Hall–Kier alpha value is -1.38. The molecule has 13 heavy (non-hydrogen) atoms. The first-order valence-electron chi connectivity index (χ1n) is 4.20. The lowest BCUT2D eigenvalue weighted by atomic mass is 10.1. The van der Waals surface area contributed by atoms with Crippen molar-refractivity contribution in [3.63, 3.8) is 0 Å². The molecule has 0 aliphatic carbocycles. The third-order valence-electron chi connectivity index (χ3n) is 1.79. The number of halogens is 1. The van der Waals surface area contributed by atoms with E-state index < -0.39 is 5.82 Å². The van der Waals surface area contributed by atoms with Crippen molar-refractivity contribution in [2.75, 3.05) is 6.54 Å². The lowest BCUT2D eigenvalue weighted by molar-refractivity contribution is 0.0951. The summed E-state index contributed by atoms with van der Waals surface area (Å²) in [4.78, 5) is 11.3. The maximum absolute atomic E-state index is 13.2. The highest BCUT2D eigenvalue weighted by atomic mass is 19.1. The number of carbonyl (C=O) groups is 1. The van der Waals surface area contributed by atoms with Gasteiger partial charge >= 0.3 is 0 Å². The van der Waals surface area contributed by atoms with Gasteiger partial charge in [-0.05, 0) is 25.5 Å². The summed E-state index contributed by atoms with van der Waals surface area (Å²) in [7, 11) is 0. The summed E-state index contributed by atoms with van der Waals surface area (Å²) in [6.07, 6.45) is 0. The van der Waals surface area contributed by atoms with Gasteiger partial charge in [-0.3, -0.25) is 4.79 Å². The third kappa shape index (κ3) is 2.05. The summed E-state index contributed by atoms with van der Waals surface area (Å²) in [6, 6.07) is 4.60.